The van der Waals surface area contributed by atoms with Gasteiger partial charge in [-0.15, -0.1) is 0 Å². The number of aldehydes is 1. The molecule has 0 heterocycles. The Balaban J connectivity index is 3.92. The van der Waals surface area contributed by atoms with Crippen molar-refractivity contribution in [2.45, 2.75) is 13.8 Å². The number of hydrogen-bond donors (Lipinski definition) is 1. The average molecular weight is 125 g/mol. The highest BCUT2D eigenvalue weighted by Crippen LogP contribution is 1.96. The maximum Gasteiger partial charge on any atom is 0.145 e. The summed E-state index contributed by atoms with van der Waals surface area (Å²) in [7, 11) is 0. The largest absolute Gasteiger partial charge is 0.313 e. The highest BCUT2D eigenvalue weighted by molar-refractivity contribution is 5.73. The molecule has 9 heavy (non-hydrogen) atoms. The molecule has 2 heteroatoms. The van der Waals surface area contributed by atoms with Crippen molar-refractivity contribution in [1.82, 2.24) is 0 Å². The van der Waals surface area contributed by atoms with Crippen molar-refractivity contribution in [3.05, 3.63) is 11.6 Å². The quantitative estimate of drug-likeness (QED) is 0.346. The summed E-state index contributed by atoms with van der Waals surface area (Å²) in [6, 6.07) is 0. The van der Waals surface area contributed by atoms with Crippen molar-refractivity contribution in [3.8, 4) is 0 Å². The molecule has 1 atom stereocenters. The summed E-state index contributed by atoms with van der Waals surface area (Å²) in [5, 5.41) is 6.79. The molecule has 0 bridgehead atoms. The van der Waals surface area contributed by atoms with Gasteiger partial charge in [0.05, 0.1) is 0 Å². The van der Waals surface area contributed by atoms with E-state index in [4.69, 9.17) is 5.41 Å². The Morgan fingerprint density at radius 2 is 2.22 bits per heavy atom. The summed E-state index contributed by atoms with van der Waals surface area (Å²) >= 11 is 0. The first-order chi connectivity index (χ1) is 4.20. The number of hydrogen-bond acceptors (Lipinski definition) is 2. The summed E-state index contributed by atoms with van der Waals surface area (Å²) in [5.74, 6) is 0.0789. The van der Waals surface area contributed by atoms with Crippen molar-refractivity contribution < 1.29 is 4.79 Å². The number of allylic oxidation sites excluding steroid dienone is 2. The van der Waals surface area contributed by atoms with Crippen LogP contribution in [0.25, 0.3) is 0 Å². The molecule has 1 N–H and O–H groups in total. The van der Waals surface area contributed by atoms with Crippen molar-refractivity contribution in [2.75, 3.05) is 0 Å². The Morgan fingerprint density at radius 3 is 2.56 bits per heavy atom. The standard InChI is InChI=1S/C7H11NO/c1-6(4-8)3-7(2)5-9/h3-6,8H,1-2H3/b7-3+,8-4?. The van der Waals surface area contributed by atoms with E-state index in [0.717, 1.165) is 6.29 Å². The van der Waals surface area contributed by atoms with Gasteiger partial charge in [0.2, 0.25) is 0 Å². The van der Waals surface area contributed by atoms with Gasteiger partial charge in [-0.3, -0.25) is 4.79 Å². The van der Waals surface area contributed by atoms with Gasteiger partial charge in [-0.25, -0.2) is 0 Å². The first-order valence-corrected chi connectivity index (χ1v) is 2.85. The van der Waals surface area contributed by atoms with E-state index in [2.05, 4.69) is 0 Å². The van der Waals surface area contributed by atoms with Crippen LogP contribution in [0.2, 0.25) is 0 Å². The van der Waals surface area contributed by atoms with E-state index >= 15 is 0 Å². The van der Waals surface area contributed by atoms with Crippen LogP contribution in [-0.4, -0.2) is 12.5 Å². The van der Waals surface area contributed by atoms with Gasteiger partial charge < -0.3 is 5.41 Å². The van der Waals surface area contributed by atoms with Crippen molar-refractivity contribution in [2.24, 2.45) is 5.92 Å². The van der Waals surface area contributed by atoms with Gasteiger partial charge in [0.1, 0.15) is 6.29 Å². The van der Waals surface area contributed by atoms with Gasteiger partial charge in [0.25, 0.3) is 0 Å². The third-order valence-electron chi connectivity index (χ3n) is 0.975. The van der Waals surface area contributed by atoms with Crippen LogP contribution >= 0.6 is 0 Å². The zero-order valence-electron chi connectivity index (χ0n) is 5.72. The van der Waals surface area contributed by atoms with Crippen LogP contribution in [-0.2, 0) is 4.79 Å². The van der Waals surface area contributed by atoms with Crippen LogP contribution in [0.5, 0.6) is 0 Å². The molecule has 0 fully saturated rings. The smallest absolute Gasteiger partial charge is 0.145 e. The third-order valence-corrected chi connectivity index (χ3v) is 0.975. The Kier molecular flexibility index (Phi) is 3.60. The number of nitrogens with one attached hydrogen (secondary N) is 1. The van der Waals surface area contributed by atoms with Crippen LogP contribution < -0.4 is 0 Å². The van der Waals surface area contributed by atoms with Crippen LogP contribution in [0.15, 0.2) is 11.6 Å². The lowest BCUT2D eigenvalue weighted by atomic mass is 10.1. The first kappa shape index (κ1) is 8.08. The first-order valence-electron chi connectivity index (χ1n) is 2.85. The summed E-state index contributed by atoms with van der Waals surface area (Å²) < 4.78 is 0. The van der Waals surface area contributed by atoms with Gasteiger partial charge in [-0.1, -0.05) is 13.0 Å². The van der Waals surface area contributed by atoms with Gasteiger partial charge >= 0.3 is 0 Å². The molecule has 0 rings (SSSR count). The monoisotopic (exact) mass is 125 g/mol. The Bertz CT molecular complexity index is 138. The SMILES string of the molecule is C/C(C=O)=C\C(C)C=N. The fourth-order valence-electron chi connectivity index (χ4n) is 0.502. The van der Waals surface area contributed by atoms with Gasteiger partial charge in [-0.05, 0) is 12.5 Å². The molecule has 0 aliphatic rings. The molecule has 0 aliphatic heterocycles. The molecule has 0 aromatic carbocycles. The van der Waals surface area contributed by atoms with Crippen LogP contribution in [0.3, 0.4) is 0 Å². The van der Waals surface area contributed by atoms with Crippen molar-refractivity contribution in [1.29, 1.82) is 5.41 Å². The number of carbonyl (C=O) groups excluding carboxylic acids is 1. The molecule has 0 spiro atoms. The zero-order valence-corrected chi connectivity index (χ0v) is 5.72. The third kappa shape index (κ3) is 3.64. The molecular weight excluding hydrogens is 114 g/mol. The lowest BCUT2D eigenvalue weighted by Crippen LogP contribution is -1.90. The predicted octanol–water partition coefficient (Wildman–Crippen LogP) is 1.42. The Hall–Kier alpha value is -0.920. The second kappa shape index (κ2) is 4.01. The predicted molar refractivity (Wildman–Crippen MR) is 37.8 cm³/mol. The van der Waals surface area contributed by atoms with Crippen LogP contribution in [0, 0.1) is 11.3 Å². The molecule has 0 saturated heterocycles. The highest BCUT2D eigenvalue weighted by atomic mass is 16.1. The fraction of sp³-hybridized carbons (Fsp3) is 0.429. The maximum absolute atomic E-state index is 10.0. The lowest BCUT2D eigenvalue weighted by molar-refractivity contribution is -0.104. The van der Waals surface area contributed by atoms with E-state index in [1.807, 2.05) is 6.92 Å². The lowest BCUT2D eigenvalue weighted by Gasteiger charge is -1.93. The Labute approximate surface area is 55.1 Å². The molecule has 0 saturated carbocycles. The minimum atomic E-state index is 0.0789. The molecule has 0 aliphatic carbocycles. The maximum atomic E-state index is 10.0. The van der Waals surface area contributed by atoms with E-state index in [9.17, 15) is 4.79 Å². The summed E-state index contributed by atoms with van der Waals surface area (Å²) in [4.78, 5) is 10.0. The fourth-order valence-corrected chi connectivity index (χ4v) is 0.502. The van der Waals surface area contributed by atoms with Crippen molar-refractivity contribution >= 4 is 12.5 Å². The second-order valence-corrected chi connectivity index (χ2v) is 2.05. The molecule has 0 amide bonds. The average Bonchev–Trinajstić information content (AvgIpc) is 1.87. The van der Waals surface area contributed by atoms with Gasteiger partial charge in [0.15, 0.2) is 0 Å². The zero-order chi connectivity index (χ0) is 7.28. The van der Waals surface area contributed by atoms with Crippen LogP contribution in [0.1, 0.15) is 13.8 Å². The molecule has 2 nitrogen and oxygen atoms in total. The van der Waals surface area contributed by atoms with Crippen LogP contribution in [0.4, 0.5) is 0 Å². The molecule has 0 aromatic heterocycles. The minimum Gasteiger partial charge on any atom is -0.313 e. The topological polar surface area (TPSA) is 40.9 Å². The Morgan fingerprint density at radius 1 is 1.67 bits per heavy atom. The molecule has 50 valence electrons. The number of rotatable bonds is 3. The highest BCUT2D eigenvalue weighted by Gasteiger charge is 1.90. The molecule has 0 aromatic rings. The van der Waals surface area contributed by atoms with Crippen molar-refractivity contribution in [3.63, 3.8) is 0 Å². The van der Waals surface area contributed by atoms with E-state index < -0.39 is 0 Å². The molecule has 0 radical (unpaired) electrons. The van der Waals surface area contributed by atoms with Gasteiger partial charge in [-0.2, -0.15) is 0 Å². The van der Waals surface area contributed by atoms with E-state index in [1.54, 1.807) is 13.0 Å². The summed E-state index contributed by atoms with van der Waals surface area (Å²) in [6.45, 7) is 3.59. The molecule has 1 unspecified atom stereocenters. The van der Waals surface area contributed by atoms with E-state index in [0.29, 0.717) is 5.57 Å². The molecular formula is C7H11NO. The normalized spacial score (nSPS) is 14.7. The second-order valence-electron chi connectivity index (χ2n) is 2.05. The van der Waals surface area contributed by atoms with Gasteiger partial charge in [0, 0.05) is 12.1 Å². The van der Waals surface area contributed by atoms with E-state index in [1.165, 1.54) is 6.21 Å². The summed E-state index contributed by atoms with van der Waals surface area (Å²) in [5.41, 5.74) is 0.686. The summed E-state index contributed by atoms with van der Waals surface area (Å²) in [6.07, 6.45) is 3.84. The number of carbonyl (C=O) groups is 1. The van der Waals surface area contributed by atoms with E-state index in [-0.39, 0.29) is 5.92 Å². The minimum absolute atomic E-state index is 0.0789.